The van der Waals surface area contributed by atoms with Crippen LogP contribution in [0.15, 0.2) is 47.4 Å². The molecule has 33 heavy (non-hydrogen) atoms. The van der Waals surface area contributed by atoms with Crippen LogP contribution in [0.1, 0.15) is 36.8 Å². The van der Waals surface area contributed by atoms with Crippen molar-refractivity contribution in [3.63, 3.8) is 0 Å². The van der Waals surface area contributed by atoms with Crippen LogP contribution in [0.2, 0.25) is 0 Å². The first-order valence-corrected chi connectivity index (χ1v) is 13.1. The fourth-order valence-electron chi connectivity index (χ4n) is 5.11. The highest BCUT2D eigenvalue weighted by Crippen LogP contribution is 2.34. The van der Waals surface area contributed by atoms with E-state index in [0.29, 0.717) is 31.1 Å². The topological polar surface area (TPSA) is 78.0 Å². The number of hydrogen-bond donors (Lipinski definition) is 0. The number of anilines is 2. The van der Waals surface area contributed by atoms with Crippen LogP contribution in [-0.2, 0) is 26.0 Å². The smallest absolute Gasteiger partial charge is 0.243 e. The van der Waals surface area contributed by atoms with Crippen LogP contribution in [-0.4, -0.2) is 50.7 Å². The number of rotatable bonds is 4. The van der Waals surface area contributed by atoms with Crippen molar-refractivity contribution in [2.75, 3.05) is 36.0 Å². The zero-order valence-corrected chi connectivity index (χ0v) is 19.7. The van der Waals surface area contributed by atoms with Crippen molar-refractivity contribution in [3.8, 4) is 0 Å². The number of amides is 2. The van der Waals surface area contributed by atoms with Crippen LogP contribution in [0.4, 0.5) is 11.4 Å². The molecule has 3 aliphatic rings. The molecule has 2 fully saturated rings. The fourth-order valence-corrected chi connectivity index (χ4v) is 6.68. The molecule has 1 unspecified atom stereocenters. The van der Waals surface area contributed by atoms with Crippen molar-refractivity contribution >= 4 is 33.2 Å². The molecule has 0 saturated carbocycles. The fraction of sp³-hybridized carbons (Fsp3) is 0.440. The Balaban J connectivity index is 1.36. The SMILES string of the molecule is Cc1ccc(N2CC(C(=O)N3CCCc4cc(S(=O)(=O)N5CCCC5)ccc43)CC2=O)cc1. The summed E-state index contributed by atoms with van der Waals surface area (Å²) in [5.74, 6) is -0.506. The van der Waals surface area contributed by atoms with E-state index in [9.17, 15) is 18.0 Å². The normalized spacial score (nSPS) is 21.5. The van der Waals surface area contributed by atoms with Gasteiger partial charge < -0.3 is 9.80 Å². The Kier molecular flexibility index (Phi) is 5.74. The lowest BCUT2D eigenvalue weighted by atomic mass is 9.99. The monoisotopic (exact) mass is 467 g/mol. The van der Waals surface area contributed by atoms with Crippen molar-refractivity contribution < 1.29 is 18.0 Å². The second-order valence-corrected chi connectivity index (χ2v) is 11.2. The van der Waals surface area contributed by atoms with E-state index in [0.717, 1.165) is 48.2 Å². The number of fused-ring (bicyclic) bond motifs is 1. The zero-order valence-electron chi connectivity index (χ0n) is 18.9. The Bertz CT molecular complexity index is 1190. The molecule has 2 amide bonds. The molecule has 0 radical (unpaired) electrons. The van der Waals surface area contributed by atoms with Gasteiger partial charge in [0.25, 0.3) is 0 Å². The van der Waals surface area contributed by atoms with E-state index in [1.54, 1.807) is 32.3 Å². The number of carbonyl (C=O) groups is 2. The van der Waals surface area contributed by atoms with Crippen molar-refractivity contribution in [3.05, 3.63) is 53.6 Å². The summed E-state index contributed by atoms with van der Waals surface area (Å²) in [6, 6.07) is 12.9. The molecule has 2 saturated heterocycles. The lowest BCUT2D eigenvalue weighted by molar-refractivity contribution is -0.124. The minimum absolute atomic E-state index is 0.0403. The summed E-state index contributed by atoms with van der Waals surface area (Å²) in [5.41, 5.74) is 3.59. The average molecular weight is 468 g/mol. The Hall–Kier alpha value is -2.71. The quantitative estimate of drug-likeness (QED) is 0.692. The largest absolute Gasteiger partial charge is 0.312 e. The average Bonchev–Trinajstić information content (AvgIpc) is 3.49. The Labute approximate surface area is 195 Å². The summed E-state index contributed by atoms with van der Waals surface area (Å²) in [4.78, 5) is 29.9. The van der Waals surface area contributed by atoms with E-state index in [4.69, 9.17) is 0 Å². The molecule has 0 spiro atoms. The molecule has 0 bridgehead atoms. The zero-order chi connectivity index (χ0) is 23.2. The van der Waals surface area contributed by atoms with E-state index in [1.165, 1.54) is 0 Å². The summed E-state index contributed by atoms with van der Waals surface area (Å²) < 4.78 is 27.5. The first-order valence-electron chi connectivity index (χ1n) is 11.7. The number of benzene rings is 2. The number of nitrogens with zero attached hydrogens (tertiary/aromatic N) is 3. The van der Waals surface area contributed by atoms with Crippen LogP contribution >= 0.6 is 0 Å². The van der Waals surface area contributed by atoms with Gasteiger partial charge in [-0.25, -0.2) is 8.42 Å². The molecule has 0 aliphatic carbocycles. The highest BCUT2D eigenvalue weighted by atomic mass is 32.2. The summed E-state index contributed by atoms with van der Waals surface area (Å²) in [6.07, 6.45) is 3.49. The molecule has 0 aromatic heterocycles. The van der Waals surface area contributed by atoms with Gasteiger partial charge in [-0.15, -0.1) is 0 Å². The molecule has 5 rings (SSSR count). The molecule has 1 atom stereocenters. The van der Waals surface area contributed by atoms with Crippen molar-refractivity contribution in [1.29, 1.82) is 0 Å². The first-order chi connectivity index (χ1) is 15.8. The number of sulfonamides is 1. The second kappa shape index (κ2) is 8.57. The molecule has 2 aromatic rings. The van der Waals surface area contributed by atoms with E-state index in [1.807, 2.05) is 31.2 Å². The Morgan fingerprint density at radius 3 is 2.42 bits per heavy atom. The molecular formula is C25H29N3O4S. The molecule has 3 heterocycles. The summed E-state index contributed by atoms with van der Waals surface area (Å²) in [6.45, 7) is 4.08. The van der Waals surface area contributed by atoms with Gasteiger partial charge in [-0.2, -0.15) is 4.31 Å². The van der Waals surface area contributed by atoms with Crippen molar-refractivity contribution in [2.45, 2.75) is 43.9 Å². The third-order valence-corrected chi connectivity index (χ3v) is 8.85. The predicted octanol–water partition coefficient (Wildman–Crippen LogP) is 3.11. The van der Waals surface area contributed by atoms with E-state index >= 15 is 0 Å². The first kappa shape index (κ1) is 22.1. The van der Waals surface area contributed by atoms with Gasteiger partial charge in [-0.3, -0.25) is 9.59 Å². The molecule has 2 aromatic carbocycles. The standard InChI is InChI=1S/C25H29N3O4S/c1-18-6-8-21(9-7-18)28-17-20(16-24(28)29)25(30)27-14-4-5-19-15-22(10-11-23(19)27)33(31,32)26-12-2-3-13-26/h6-11,15,20H,2-5,12-14,16-17H2,1H3. The summed E-state index contributed by atoms with van der Waals surface area (Å²) in [5, 5.41) is 0. The van der Waals surface area contributed by atoms with Crippen molar-refractivity contribution in [1.82, 2.24) is 4.31 Å². The third-order valence-electron chi connectivity index (χ3n) is 6.96. The van der Waals surface area contributed by atoms with Gasteiger partial charge in [0.2, 0.25) is 21.8 Å². The number of carbonyl (C=O) groups excluding carboxylic acids is 2. The van der Waals surface area contributed by atoms with Gasteiger partial charge in [0.1, 0.15) is 0 Å². The molecule has 8 heteroatoms. The Morgan fingerprint density at radius 2 is 1.70 bits per heavy atom. The van der Waals surface area contributed by atoms with Gasteiger partial charge in [0, 0.05) is 44.0 Å². The minimum atomic E-state index is -3.50. The maximum Gasteiger partial charge on any atom is 0.243 e. The third kappa shape index (κ3) is 4.06. The van der Waals surface area contributed by atoms with E-state index < -0.39 is 15.9 Å². The minimum Gasteiger partial charge on any atom is -0.312 e. The van der Waals surface area contributed by atoms with Gasteiger partial charge in [0.15, 0.2) is 0 Å². The number of aryl methyl sites for hydroxylation is 2. The molecule has 0 N–H and O–H groups in total. The van der Waals surface area contributed by atoms with Crippen LogP contribution in [0, 0.1) is 12.8 Å². The van der Waals surface area contributed by atoms with Gasteiger partial charge in [0.05, 0.1) is 10.8 Å². The highest BCUT2D eigenvalue weighted by Gasteiger charge is 2.39. The lowest BCUT2D eigenvalue weighted by Gasteiger charge is -2.32. The summed E-state index contributed by atoms with van der Waals surface area (Å²) in [7, 11) is -3.50. The maximum absolute atomic E-state index is 13.5. The van der Waals surface area contributed by atoms with E-state index in [2.05, 4.69) is 0 Å². The Morgan fingerprint density at radius 1 is 0.970 bits per heavy atom. The summed E-state index contributed by atoms with van der Waals surface area (Å²) >= 11 is 0. The second-order valence-electron chi connectivity index (χ2n) is 9.24. The van der Waals surface area contributed by atoms with Crippen molar-refractivity contribution in [2.24, 2.45) is 5.92 Å². The van der Waals surface area contributed by atoms with E-state index in [-0.39, 0.29) is 18.2 Å². The van der Waals surface area contributed by atoms with Gasteiger partial charge >= 0.3 is 0 Å². The molecular weight excluding hydrogens is 438 g/mol. The van der Waals surface area contributed by atoms with Crippen LogP contribution < -0.4 is 9.80 Å². The van der Waals surface area contributed by atoms with Crippen LogP contribution in [0.25, 0.3) is 0 Å². The van der Waals surface area contributed by atoms with Gasteiger partial charge in [-0.05, 0) is 68.5 Å². The number of hydrogen-bond acceptors (Lipinski definition) is 4. The lowest BCUT2D eigenvalue weighted by Crippen LogP contribution is -2.40. The highest BCUT2D eigenvalue weighted by molar-refractivity contribution is 7.89. The van der Waals surface area contributed by atoms with Crippen LogP contribution in [0.5, 0.6) is 0 Å². The molecule has 3 aliphatic heterocycles. The van der Waals surface area contributed by atoms with Gasteiger partial charge in [-0.1, -0.05) is 17.7 Å². The van der Waals surface area contributed by atoms with Crippen LogP contribution in [0.3, 0.4) is 0 Å². The molecule has 7 nitrogen and oxygen atoms in total. The predicted molar refractivity (Wildman–Crippen MR) is 127 cm³/mol. The maximum atomic E-state index is 13.5. The molecule has 174 valence electrons.